The molecule has 1 amide bonds. The Bertz CT molecular complexity index is 1610. The third-order valence-corrected chi connectivity index (χ3v) is 8.80. The van der Waals surface area contributed by atoms with Gasteiger partial charge in [0.2, 0.25) is 5.13 Å². The number of carbonyl (C=O) groups is 2. The van der Waals surface area contributed by atoms with Gasteiger partial charge in [0.1, 0.15) is 0 Å². The third kappa shape index (κ3) is 6.05. The van der Waals surface area contributed by atoms with Crippen molar-refractivity contribution in [3.8, 4) is 0 Å². The van der Waals surface area contributed by atoms with Gasteiger partial charge in [0.05, 0.1) is 11.6 Å². The zero-order chi connectivity index (χ0) is 27.5. The number of anilines is 1. The van der Waals surface area contributed by atoms with E-state index >= 15 is 0 Å². The first-order valence-corrected chi connectivity index (χ1v) is 14.5. The summed E-state index contributed by atoms with van der Waals surface area (Å²) in [5, 5.41) is 21.1. The summed E-state index contributed by atoms with van der Waals surface area (Å²) in [5.74, 6) is -1.35. The summed E-state index contributed by atoms with van der Waals surface area (Å²) >= 11 is 20.9. The molecule has 1 aliphatic heterocycles. The maximum Gasteiger partial charge on any atom is 0.296 e. The normalized spacial score (nSPS) is 15.5. The van der Waals surface area contributed by atoms with E-state index in [1.807, 2.05) is 36.4 Å². The minimum Gasteiger partial charge on any atom is -0.503 e. The number of carbonyl (C=O) groups excluding carboxylic acids is 2. The Balaban J connectivity index is 1.45. The molecule has 39 heavy (non-hydrogen) atoms. The van der Waals surface area contributed by atoms with Crippen molar-refractivity contribution < 1.29 is 14.7 Å². The fourth-order valence-electron chi connectivity index (χ4n) is 3.98. The average Bonchev–Trinajstić information content (AvgIpc) is 3.50. The highest BCUT2D eigenvalue weighted by Gasteiger charge is 2.45. The molecule has 1 unspecified atom stereocenters. The number of nitrogens with zero attached hydrogens (tertiary/aromatic N) is 3. The average molecular weight is 615 g/mol. The summed E-state index contributed by atoms with van der Waals surface area (Å²) in [6.45, 7) is 0. The van der Waals surface area contributed by atoms with Crippen LogP contribution in [0.4, 0.5) is 5.13 Å². The van der Waals surface area contributed by atoms with Crippen LogP contribution in [0, 0.1) is 0 Å². The Kier molecular flexibility index (Phi) is 8.40. The molecule has 0 radical (unpaired) electrons. The second-order valence-electron chi connectivity index (χ2n) is 8.37. The minimum absolute atomic E-state index is 0.0492. The Hall–Kier alpha value is -3.14. The van der Waals surface area contributed by atoms with Gasteiger partial charge < -0.3 is 5.11 Å². The highest BCUT2D eigenvalue weighted by atomic mass is 35.5. The lowest BCUT2D eigenvalue weighted by atomic mass is 9.96. The lowest BCUT2D eigenvalue weighted by Gasteiger charge is -2.23. The van der Waals surface area contributed by atoms with Gasteiger partial charge in [-0.3, -0.25) is 14.5 Å². The van der Waals surface area contributed by atoms with Crippen molar-refractivity contribution in [2.45, 2.75) is 16.1 Å². The first-order chi connectivity index (χ1) is 18.8. The van der Waals surface area contributed by atoms with Gasteiger partial charge in [0.15, 0.2) is 15.9 Å². The second-order valence-corrected chi connectivity index (χ2v) is 11.8. The van der Waals surface area contributed by atoms with Crippen molar-refractivity contribution in [1.29, 1.82) is 0 Å². The fourth-order valence-corrected chi connectivity index (χ4v) is 6.53. The Morgan fingerprint density at radius 2 is 1.72 bits per heavy atom. The maximum atomic E-state index is 13.4. The van der Waals surface area contributed by atoms with Gasteiger partial charge in [0, 0.05) is 20.8 Å². The van der Waals surface area contributed by atoms with Crippen LogP contribution >= 0.6 is 57.9 Å². The topological polar surface area (TPSA) is 83.4 Å². The predicted molar refractivity (Wildman–Crippen MR) is 158 cm³/mol. The Morgan fingerprint density at radius 1 is 1.00 bits per heavy atom. The van der Waals surface area contributed by atoms with Gasteiger partial charge in [-0.05, 0) is 47.0 Å². The number of rotatable bonds is 8. The molecule has 1 N–H and O–H groups in total. The highest BCUT2D eigenvalue weighted by molar-refractivity contribution is 8.00. The number of benzene rings is 3. The summed E-state index contributed by atoms with van der Waals surface area (Å²) < 4.78 is 0.585. The second kappa shape index (κ2) is 11.9. The molecule has 3 aromatic carbocycles. The molecule has 4 aromatic rings. The molecule has 1 atom stereocenters. The molecule has 0 aliphatic carbocycles. The number of allylic oxidation sites excluding steroid dienone is 1. The van der Waals surface area contributed by atoms with Gasteiger partial charge in [-0.1, -0.05) is 113 Å². The zero-order valence-electron chi connectivity index (χ0n) is 19.9. The largest absolute Gasteiger partial charge is 0.503 e. The van der Waals surface area contributed by atoms with E-state index in [0.717, 1.165) is 11.1 Å². The summed E-state index contributed by atoms with van der Waals surface area (Å²) in [5.41, 5.74) is 2.22. The van der Waals surface area contributed by atoms with E-state index < -0.39 is 23.5 Å². The van der Waals surface area contributed by atoms with E-state index in [0.29, 0.717) is 30.7 Å². The van der Waals surface area contributed by atoms with Crippen LogP contribution in [0.25, 0.3) is 6.08 Å². The van der Waals surface area contributed by atoms with Crippen molar-refractivity contribution in [3.63, 3.8) is 0 Å². The monoisotopic (exact) mass is 613 g/mol. The molecule has 1 aliphatic rings. The fraction of sp³-hybridized carbons (Fsp3) is 0.0714. The van der Waals surface area contributed by atoms with Gasteiger partial charge in [-0.15, -0.1) is 10.2 Å². The number of aliphatic hydroxyl groups is 1. The van der Waals surface area contributed by atoms with E-state index in [1.54, 1.807) is 42.5 Å². The van der Waals surface area contributed by atoms with Gasteiger partial charge in [0.25, 0.3) is 5.91 Å². The third-order valence-electron chi connectivity index (χ3n) is 5.85. The van der Waals surface area contributed by atoms with Crippen LogP contribution in [-0.2, 0) is 15.3 Å². The quantitative estimate of drug-likeness (QED) is 0.123. The van der Waals surface area contributed by atoms with Crippen molar-refractivity contribution in [1.82, 2.24) is 10.2 Å². The molecular formula is C28H18Cl3N3O3S2. The zero-order valence-corrected chi connectivity index (χ0v) is 23.8. The van der Waals surface area contributed by atoms with Gasteiger partial charge in [-0.25, -0.2) is 0 Å². The maximum absolute atomic E-state index is 13.4. The number of halogens is 3. The van der Waals surface area contributed by atoms with Crippen LogP contribution in [0.5, 0.6) is 0 Å². The summed E-state index contributed by atoms with van der Waals surface area (Å²) in [7, 11) is 0. The number of aromatic nitrogens is 2. The number of ketones is 1. The molecule has 0 saturated carbocycles. The van der Waals surface area contributed by atoms with Crippen LogP contribution in [0.15, 0.2) is 94.5 Å². The number of amides is 1. The van der Waals surface area contributed by atoms with Crippen LogP contribution in [-0.4, -0.2) is 27.0 Å². The molecule has 11 heteroatoms. The first kappa shape index (κ1) is 27.4. The van der Waals surface area contributed by atoms with E-state index in [4.69, 9.17) is 34.8 Å². The number of hydrogen-bond donors (Lipinski definition) is 1. The lowest BCUT2D eigenvalue weighted by molar-refractivity contribution is -0.117. The molecule has 5 rings (SSSR count). The van der Waals surface area contributed by atoms with Crippen LogP contribution < -0.4 is 4.90 Å². The van der Waals surface area contributed by atoms with Crippen LogP contribution in [0.3, 0.4) is 0 Å². The van der Waals surface area contributed by atoms with E-state index in [1.165, 1.54) is 34.1 Å². The molecule has 196 valence electrons. The molecule has 1 aromatic heterocycles. The number of thioether (sulfide) groups is 1. The summed E-state index contributed by atoms with van der Waals surface area (Å²) in [6.07, 6.45) is 2.98. The molecule has 0 spiro atoms. The van der Waals surface area contributed by atoms with Crippen molar-refractivity contribution in [2.24, 2.45) is 0 Å². The van der Waals surface area contributed by atoms with E-state index in [9.17, 15) is 14.7 Å². The molecule has 2 heterocycles. The minimum atomic E-state index is -0.917. The van der Waals surface area contributed by atoms with Crippen LogP contribution in [0.1, 0.15) is 22.7 Å². The first-order valence-electron chi connectivity index (χ1n) is 11.5. The van der Waals surface area contributed by atoms with Crippen molar-refractivity contribution in [3.05, 3.63) is 122 Å². The highest BCUT2D eigenvalue weighted by Crippen LogP contribution is 2.43. The molecule has 0 saturated heterocycles. The lowest BCUT2D eigenvalue weighted by Crippen LogP contribution is -2.30. The van der Waals surface area contributed by atoms with Gasteiger partial charge in [-0.2, -0.15) is 0 Å². The van der Waals surface area contributed by atoms with Gasteiger partial charge >= 0.3 is 0 Å². The SMILES string of the molecule is O=C(C=Cc1ccccc1)C1=C(O)C(=O)N(c2nnc(SCc3ccc(Cl)cc3Cl)s2)C1c1ccc(Cl)cc1. The van der Waals surface area contributed by atoms with Crippen molar-refractivity contribution in [2.75, 3.05) is 4.90 Å². The summed E-state index contributed by atoms with van der Waals surface area (Å²) in [6, 6.07) is 20.3. The molecule has 6 nitrogen and oxygen atoms in total. The standard InChI is InChI=1S/C28H18Cl3N3O3S2/c29-19-10-7-17(8-11-19)24-23(22(35)13-6-16-4-2-1-3-5-16)25(36)26(37)34(24)27-32-33-28(39-27)38-15-18-9-12-20(30)14-21(18)31/h1-14,24,36H,15H2. The molecular weight excluding hydrogens is 597 g/mol. The number of hydrogen-bond acceptors (Lipinski definition) is 7. The smallest absolute Gasteiger partial charge is 0.296 e. The Morgan fingerprint density at radius 3 is 2.44 bits per heavy atom. The number of aliphatic hydroxyl groups excluding tert-OH is 1. The Labute approximate surface area is 247 Å². The van der Waals surface area contributed by atoms with E-state index in [2.05, 4.69) is 10.2 Å². The molecule has 0 bridgehead atoms. The van der Waals surface area contributed by atoms with E-state index in [-0.39, 0.29) is 10.7 Å². The van der Waals surface area contributed by atoms with Crippen LogP contribution in [0.2, 0.25) is 15.1 Å². The molecule has 0 fully saturated rings. The summed E-state index contributed by atoms with van der Waals surface area (Å²) in [4.78, 5) is 28.0. The predicted octanol–water partition coefficient (Wildman–Crippen LogP) is 7.97. The van der Waals surface area contributed by atoms with Crippen molar-refractivity contribution >= 4 is 80.8 Å².